The summed E-state index contributed by atoms with van der Waals surface area (Å²) in [5, 5.41) is 0. The molecule has 0 bridgehead atoms. The molecule has 1 aromatic rings. The first kappa shape index (κ1) is 15.2. The molecular weight excluding hydrogens is 272 g/mol. The molecule has 0 saturated carbocycles. The summed E-state index contributed by atoms with van der Waals surface area (Å²) in [5.74, 6) is 0.881. The minimum atomic E-state index is 0.419. The van der Waals surface area contributed by atoms with Crippen molar-refractivity contribution in [2.75, 3.05) is 26.9 Å². The van der Waals surface area contributed by atoms with Crippen molar-refractivity contribution in [1.29, 1.82) is 0 Å². The van der Waals surface area contributed by atoms with Crippen molar-refractivity contribution in [3.8, 4) is 5.75 Å². The third kappa shape index (κ3) is 3.48. The molecule has 1 unspecified atom stereocenters. The van der Waals surface area contributed by atoms with Gasteiger partial charge in [0.25, 0.3) is 0 Å². The largest absolute Gasteiger partial charge is 0.496 e. The normalized spacial score (nSPS) is 19.8. The number of nitrogens with two attached hydrogens (primary N) is 1. The maximum atomic E-state index is 5.72. The van der Waals surface area contributed by atoms with Crippen LogP contribution in [0, 0.1) is 0 Å². The van der Waals surface area contributed by atoms with Crippen molar-refractivity contribution in [3.05, 3.63) is 29.3 Å². The van der Waals surface area contributed by atoms with Gasteiger partial charge in [0.05, 0.1) is 20.3 Å². The van der Waals surface area contributed by atoms with E-state index >= 15 is 0 Å². The summed E-state index contributed by atoms with van der Waals surface area (Å²) in [6.07, 6.45) is 1.08. The second-order valence-corrected chi connectivity index (χ2v) is 5.44. The van der Waals surface area contributed by atoms with Crippen LogP contribution in [0.4, 0.5) is 0 Å². The summed E-state index contributed by atoms with van der Waals surface area (Å²) in [4.78, 5) is 2.85. The van der Waals surface area contributed by atoms with Crippen molar-refractivity contribution < 1.29 is 9.47 Å². The van der Waals surface area contributed by atoms with E-state index in [0.717, 1.165) is 49.6 Å². The zero-order valence-corrected chi connectivity index (χ0v) is 12.9. The van der Waals surface area contributed by atoms with Crippen LogP contribution in [-0.4, -0.2) is 42.8 Å². The van der Waals surface area contributed by atoms with Crippen molar-refractivity contribution >= 4 is 17.2 Å². The van der Waals surface area contributed by atoms with E-state index in [-0.39, 0.29) is 0 Å². The number of methoxy groups -OCH3 is 1. The summed E-state index contributed by atoms with van der Waals surface area (Å²) in [6.45, 7) is 5.55. The molecule has 4 nitrogen and oxygen atoms in total. The number of morpholine rings is 1. The first-order valence-electron chi connectivity index (χ1n) is 6.94. The van der Waals surface area contributed by atoms with E-state index in [0.29, 0.717) is 11.0 Å². The van der Waals surface area contributed by atoms with Crippen LogP contribution in [0.2, 0.25) is 0 Å². The highest BCUT2D eigenvalue weighted by molar-refractivity contribution is 7.80. The Hall–Kier alpha value is -1.17. The average molecular weight is 294 g/mol. The lowest BCUT2D eigenvalue weighted by molar-refractivity contribution is -0.0129. The zero-order valence-electron chi connectivity index (χ0n) is 12.1. The van der Waals surface area contributed by atoms with E-state index in [1.165, 1.54) is 0 Å². The van der Waals surface area contributed by atoms with Gasteiger partial charge in [-0.1, -0.05) is 19.1 Å². The lowest BCUT2D eigenvalue weighted by atomic mass is 10.1. The molecular formula is C15H22N2O2S. The highest BCUT2D eigenvalue weighted by Gasteiger charge is 2.22. The number of nitrogens with zero attached hydrogens (tertiary/aromatic N) is 1. The summed E-state index contributed by atoms with van der Waals surface area (Å²) in [6, 6.07) is 6.33. The van der Waals surface area contributed by atoms with Gasteiger partial charge >= 0.3 is 0 Å². The molecule has 0 radical (unpaired) electrons. The Morgan fingerprint density at radius 3 is 3.00 bits per heavy atom. The van der Waals surface area contributed by atoms with Crippen LogP contribution >= 0.6 is 12.2 Å². The van der Waals surface area contributed by atoms with Gasteiger partial charge in [-0.3, -0.25) is 4.90 Å². The van der Waals surface area contributed by atoms with Crippen LogP contribution in [0.15, 0.2) is 18.2 Å². The van der Waals surface area contributed by atoms with Crippen LogP contribution in [-0.2, 0) is 11.3 Å². The van der Waals surface area contributed by atoms with Gasteiger partial charge in [0.1, 0.15) is 10.7 Å². The molecule has 20 heavy (non-hydrogen) atoms. The number of benzene rings is 1. The quantitative estimate of drug-likeness (QED) is 0.841. The van der Waals surface area contributed by atoms with Gasteiger partial charge in [-0.25, -0.2) is 0 Å². The molecule has 0 amide bonds. The van der Waals surface area contributed by atoms with Crippen LogP contribution in [0.25, 0.3) is 0 Å². The molecule has 1 aliphatic heterocycles. The summed E-state index contributed by atoms with van der Waals surface area (Å²) >= 11 is 5.05. The van der Waals surface area contributed by atoms with Gasteiger partial charge in [-0.2, -0.15) is 0 Å². The molecule has 110 valence electrons. The molecule has 0 spiro atoms. The van der Waals surface area contributed by atoms with Gasteiger partial charge in [0.15, 0.2) is 0 Å². The first-order chi connectivity index (χ1) is 9.65. The third-order valence-electron chi connectivity index (χ3n) is 3.76. The number of rotatable bonds is 5. The second-order valence-electron chi connectivity index (χ2n) is 5.00. The smallest absolute Gasteiger partial charge is 0.123 e. The highest BCUT2D eigenvalue weighted by Crippen LogP contribution is 2.24. The molecule has 2 N–H and O–H groups in total. The van der Waals surface area contributed by atoms with Crippen molar-refractivity contribution in [2.24, 2.45) is 5.73 Å². The Morgan fingerprint density at radius 2 is 2.35 bits per heavy atom. The molecule has 1 aromatic carbocycles. The van der Waals surface area contributed by atoms with Crippen molar-refractivity contribution in [1.82, 2.24) is 4.90 Å². The van der Waals surface area contributed by atoms with E-state index in [9.17, 15) is 0 Å². The van der Waals surface area contributed by atoms with Gasteiger partial charge in [0, 0.05) is 30.3 Å². The Bertz CT molecular complexity index is 479. The van der Waals surface area contributed by atoms with E-state index in [1.807, 2.05) is 18.2 Å². The maximum absolute atomic E-state index is 5.72. The van der Waals surface area contributed by atoms with Crippen molar-refractivity contribution in [2.45, 2.75) is 25.9 Å². The number of thiocarbonyl (C=S) groups is 1. The van der Waals surface area contributed by atoms with Crippen LogP contribution in [0.5, 0.6) is 5.75 Å². The second kappa shape index (κ2) is 7.02. The fraction of sp³-hybridized carbons (Fsp3) is 0.533. The monoisotopic (exact) mass is 294 g/mol. The molecule has 0 aromatic heterocycles. The molecule has 1 heterocycles. The summed E-state index contributed by atoms with van der Waals surface area (Å²) < 4.78 is 11.0. The predicted octanol–water partition coefficient (Wildman–Crippen LogP) is 1.94. The molecule has 2 rings (SSSR count). The number of ether oxygens (including phenoxy) is 2. The Morgan fingerprint density at radius 1 is 1.55 bits per heavy atom. The highest BCUT2D eigenvalue weighted by atomic mass is 32.1. The molecule has 5 heteroatoms. The van der Waals surface area contributed by atoms with Crippen LogP contribution < -0.4 is 10.5 Å². The first-order valence-corrected chi connectivity index (χ1v) is 7.35. The molecule has 1 fully saturated rings. The predicted molar refractivity (Wildman–Crippen MR) is 84.2 cm³/mol. The number of hydrogen-bond donors (Lipinski definition) is 1. The fourth-order valence-electron chi connectivity index (χ4n) is 2.55. The van der Waals surface area contributed by atoms with E-state index < -0.39 is 0 Å². The average Bonchev–Trinajstić information content (AvgIpc) is 2.47. The summed E-state index contributed by atoms with van der Waals surface area (Å²) in [7, 11) is 1.69. The third-order valence-corrected chi connectivity index (χ3v) is 3.99. The van der Waals surface area contributed by atoms with Crippen LogP contribution in [0.3, 0.4) is 0 Å². The minimum absolute atomic E-state index is 0.419. The number of hydrogen-bond acceptors (Lipinski definition) is 4. The molecule has 1 saturated heterocycles. The van der Waals surface area contributed by atoms with Gasteiger partial charge in [0.2, 0.25) is 0 Å². The molecule has 1 aliphatic rings. The zero-order chi connectivity index (χ0) is 14.5. The topological polar surface area (TPSA) is 47.7 Å². The Kier molecular flexibility index (Phi) is 5.34. The van der Waals surface area contributed by atoms with Gasteiger partial charge < -0.3 is 15.2 Å². The summed E-state index contributed by atoms with van der Waals surface area (Å²) in [5.41, 5.74) is 7.73. The van der Waals surface area contributed by atoms with Gasteiger partial charge in [-0.15, -0.1) is 0 Å². The lowest BCUT2D eigenvalue weighted by Gasteiger charge is -2.35. The minimum Gasteiger partial charge on any atom is -0.496 e. The maximum Gasteiger partial charge on any atom is 0.123 e. The lowest BCUT2D eigenvalue weighted by Crippen LogP contribution is -2.44. The molecule has 1 atom stereocenters. The van der Waals surface area contributed by atoms with Crippen molar-refractivity contribution in [3.63, 3.8) is 0 Å². The van der Waals surface area contributed by atoms with E-state index in [1.54, 1.807) is 7.11 Å². The Labute approximate surface area is 125 Å². The Balaban J connectivity index is 2.21. The van der Waals surface area contributed by atoms with E-state index in [2.05, 4.69) is 11.8 Å². The SMILES string of the molecule is CCC1COCCN1Cc1cc(C(N)=S)ccc1OC. The van der Waals surface area contributed by atoms with Gasteiger partial charge in [-0.05, 0) is 24.6 Å². The fourth-order valence-corrected chi connectivity index (χ4v) is 2.67. The molecule has 0 aliphatic carbocycles. The standard InChI is InChI=1S/C15H22N2O2S/c1-3-13-10-19-7-6-17(13)9-12-8-11(15(16)20)4-5-14(12)18-2/h4-5,8,13H,3,6-7,9-10H2,1-2H3,(H2,16,20). The van der Waals surface area contributed by atoms with Crippen LogP contribution in [0.1, 0.15) is 24.5 Å². The van der Waals surface area contributed by atoms with E-state index in [4.69, 9.17) is 27.4 Å².